The van der Waals surface area contributed by atoms with Crippen LogP contribution >= 0.6 is 0 Å². The van der Waals surface area contributed by atoms with Crippen LogP contribution in [0, 0.1) is 23.7 Å². The van der Waals surface area contributed by atoms with Crippen LogP contribution < -0.4 is 5.32 Å². The molecule has 112 valence electrons. The van der Waals surface area contributed by atoms with E-state index in [0.29, 0.717) is 18.8 Å². The van der Waals surface area contributed by atoms with Gasteiger partial charge in [0.1, 0.15) is 5.78 Å². The normalized spacial score (nSPS) is 16.9. The number of carbonyl (C=O) groups excluding carboxylic acids is 2. The quantitative estimate of drug-likeness (QED) is 0.748. The lowest BCUT2D eigenvalue weighted by atomic mass is 9.97. The molecule has 0 aromatic rings. The Morgan fingerprint density at radius 1 is 1.35 bits per heavy atom. The minimum Gasteiger partial charge on any atom is -0.345 e. The van der Waals surface area contributed by atoms with E-state index in [2.05, 4.69) is 17.2 Å². The predicted octanol–water partition coefficient (Wildman–Crippen LogP) is 1.45. The number of nitrogens with one attached hydrogen (secondary N) is 1. The first kappa shape index (κ1) is 16.7. The van der Waals surface area contributed by atoms with Crippen molar-refractivity contribution in [3.05, 3.63) is 0 Å². The Bertz CT molecular complexity index is 389. The van der Waals surface area contributed by atoms with Crippen molar-refractivity contribution < 1.29 is 9.59 Å². The van der Waals surface area contributed by atoms with E-state index in [1.54, 1.807) is 6.92 Å². The minimum absolute atomic E-state index is 0.0492. The van der Waals surface area contributed by atoms with Gasteiger partial charge in [0.05, 0.1) is 5.92 Å². The monoisotopic (exact) mass is 278 g/mol. The fraction of sp³-hybridized carbons (Fsp3) is 0.750. The molecule has 0 aliphatic carbocycles. The van der Waals surface area contributed by atoms with Crippen LogP contribution in [0.4, 0.5) is 0 Å². The van der Waals surface area contributed by atoms with Crippen molar-refractivity contribution in [1.29, 1.82) is 0 Å². The van der Waals surface area contributed by atoms with Gasteiger partial charge >= 0.3 is 0 Å². The van der Waals surface area contributed by atoms with Gasteiger partial charge in [-0.15, -0.1) is 5.92 Å². The summed E-state index contributed by atoms with van der Waals surface area (Å²) in [4.78, 5) is 25.3. The zero-order valence-corrected chi connectivity index (χ0v) is 12.9. The Labute approximate surface area is 122 Å². The molecule has 1 amide bonds. The van der Waals surface area contributed by atoms with Gasteiger partial charge < -0.3 is 10.2 Å². The molecule has 0 aromatic heterocycles. The molecular weight excluding hydrogens is 252 g/mol. The molecule has 4 nitrogen and oxygen atoms in total. The van der Waals surface area contributed by atoms with Crippen molar-refractivity contribution in [2.75, 3.05) is 26.7 Å². The summed E-state index contributed by atoms with van der Waals surface area (Å²) in [6.07, 6.45) is 3.20. The Balaban J connectivity index is 2.36. The van der Waals surface area contributed by atoms with E-state index in [9.17, 15) is 9.59 Å². The van der Waals surface area contributed by atoms with Crippen LogP contribution in [0.25, 0.3) is 0 Å². The average Bonchev–Trinajstić information content (AvgIpc) is 2.43. The summed E-state index contributed by atoms with van der Waals surface area (Å²) in [5.41, 5.74) is 0. The second-order valence-electron chi connectivity index (χ2n) is 5.56. The van der Waals surface area contributed by atoms with Crippen molar-refractivity contribution in [1.82, 2.24) is 10.2 Å². The van der Waals surface area contributed by atoms with Gasteiger partial charge in [-0.3, -0.25) is 9.59 Å². The van der Waals surface area contributed by atoms with Gasteiger partial charge in [0.15, 0.2) is 0 Å². The molecule has 1 N–H and O–H groups in total. The molecule has 1 aliphatic rings. The van der Waals surface area contributed by atoms with E-state index in [-0.39, 0.29) is 17.6 Å². The average molecular weight is 278 g/mol. The summed E-state index contributed by atoms with van der Waals surface area (Å²) >= 11 is 0. The third-order valence-corrected chi connectivity index (χ3v) is 3.87. The van der Waals surface area contributed by atoms with Crippen LogP contribution in [0.15, 0.2) is 0 Å². The van der Waals surface area contributed by atoms with Gasteiger partial charge in [0.25, 0.3) is 0 Å². The van der Waals surface area contributed by atoms with Gasteiger partial charge in [0.2, 0.25) is 5.91 Å². The van der Waals surface area contributed by atoms with E-state index in [0.717, 1.165) is 32.5 Å². The molecule has 1 aliphatic heterocycles. The Morgan fingerprint density at radius 3 is 2.55 bits per heavy atom. The summed E-state index contributed by atoms with van der Waals surface area (Å²) in [5.74, 6) is 6.12. The molecule has 0 spiro atoms. The number of ketones is 1. The number of nitrogens with zero attached hydrogens (tertiary/aromatic N) is 1. The van der Waals surface area contributed by atoms with Crippen molar-refractivity contribution in [2.24, 2.45) is 11.8 Å². The molecule has 4 heteroatoms. The molecule has 20 heavy (non-hydrogen) atoms. The van der Waals surface area contributed by atoms with E-state index < -0.39 is 0 Å². The third-order valence-electron chi connectivity index (χ3n) is 3.87. The first-order chi connectivity index (χ1) is 9.54. The lowest BCUT2D eigenvalue weighted by Crippen LogP contribution is -2.37. The highest BCUT2D eigenvalue weighted by atomic mass is 16.2. The molecule has 0 radical (unpaired) electrons. The van der Waals surface area contributed by atoms with E-state index >= 15 is 0 Å². The summed E-state index contributed by atoms with van der Waals surface area (Å²) in [5, 5.41) is 3.33. The van der Waals surface area contributed by atoms with Crippen molar-refractivity contribution in [3.8, 4) is 11.8 Å². The molecule has 1 fully saturated rings. The molecule has 1 heterocycles. The summed E-state index contributed by atoms with van der Waals surface area (Å²) in [6.45, 7) is 6.18. The number of Topliss-reactive ketones (excluding diaryl/α,β-unsaturated/α-hetero) is 1. The number of amides is 1. The maximum Gasteiger partial charge on any atom is 0.222 e. The van der Waals surface area contributed by atoms with Crippen molar-refractivity contribution in [3.63, 3.8) is 0 Å². The van der Waals surface area contributed by atoms with Gasteiger partial charge in [-0.25, -0.2) is 0 Å². The fourth-order valence-electron chi connectivity index (χ4n) is 2.56. The van der Waals surface area contributed by atoms with Crippen molar-refractivity contribution in [2.45, 2.75) is 39.5 Å². The molecular formula is C16H26N2O2. The largest absolute Gasteiger partial charge is 0.345 e. The number of rotatable bonds is 6. The predicted molar refractivity (Wildman–Crippen MR) is 80.1 cm³/mol. The Morgan fingerprint density at radius 2 is 2.00 bits per heavy atom. The number of carbonyl (C=O) groups is 2. The third kappa shape index (κ3) is 5.75. The van der Waals surface area contributed by atoms with Crippen LogP contribution in [0.5, 0.6) is 0 Å². The molecule has 0 bridgehead atoms. The molecule has 1 saturated heterocycles. The highest BCUT2D eigenvalue weighted by Gasteiger charge is 2.19. The number of hydrogen-bond acceptors (Lipinski definition) is 3. The summed E-state index contributed by atoms with van der Waals surface area (Å²) in [7, 11) is 1.86. The van der Waals surface area contributed by atoms with Gasteiger partial charge in [0, 0.05) is 20.0 Å². The molecule has 1 rings (SSSR count). The highest BCUT2D eigenvalue weighted by Crippen LogP contribution is 2.14. The highest BCUT2D eigenvalue weighted by molar-refractivity contribution is 5.82. The van der Waals surface area contributed by atoms with Crippen LogP contribution in [0.3, 0.4) is 0 Å². The maximum absolute atomic E-state index is 12.1. The van der Waals surface area contributed by atoms with Gasteiger partial charge in [-0.1, -0.05) is 5.92 Å². The van der Waals surface area contributed by atoms with E-state index in [1.807, 2.05) is 11.9 Å². The van der Waals surface area contributed by atoms with E-state index in [1.165, 1.54) is 6.92 Å². The second kappa shape index (κ2) is 8.76. The lowest BCUT2D eigenvalue weighted by molar-refractivity contribution is -0.131. The number of piperidine rings is 1. The van der Waals surface area contributed by atoms with E-state index in [4.69, 9.17) is 0 Å². The first-order valence-corrected chi connectivity index (χ1v) is 7.42. The minimum atomic E-state index is -0.295. The molecule has 1 atom stereocenters. The topological polar surface area (TPSA) is 49.4 Å². The SMILES string of the molecule is CC#C[C@@H](CCC(=O)N(C)CC1CCNCC1)C(C)=O. The van der Waals surface area contributed by atoms with Gasteiger partial charge in [-0.05, 0) is 52.1 Å². The standard InChI is InChI=1S/C16H26N2O2/c1-4-5-15(13(2)19)6-7-16(20)18(3)12-14-8-10-17-11-9-14/h14-15,17H,6-12H2,1-3H3/t15-/m0/s1. The molecule has 0 aromatic carbocycles. The fourth-order valence-corrected chi connectivity index (χ4v) is 2.56. The van der Waals surface area contributed by atoms with Crippen LogP contribution in [0.2, 0.25) is 0 Å². The zero-order valence-electron chi connectivity index (χ0n) is 12.9. The summed E-state index contributed by atoms with van der Waals surface area (Å²) < 4.78 is 0. The number of hydrogen-bond donors (Lipinski definition) is 1. The molecule has 0 unspecified atom stereocenters. The Kier molecular flexibility index (Phi) is 7.32. The van der Waals surface area contributed by atoms with Crippen LogP contribution in [-0.2, 0) is 9.59 Å². The zero-order chi connectivity index (χ0) is 15.0. The van der Waals surface area contributed by atoms with Crippen LogP contribution in [0.1, 0.15) is 39.5 Å². The lowest BCUT2D eigenvalue weighted by Gasteiger charge is -2.27. The summed E-state index contributed by atoms with van der Waals surface area (Å²) in [6, 6.07) is 0. The maximum atomic E-state index is 12.1. The molecule has 0 saturated carbocycles. The Hall–Kier alpha value is -1.34. The second-order valence-corrected chi connectivity index (χ2v) is 5.56. The first-order valence-electron chi connectivity index (χ1n) is 7.42. The van der Waals surface area contributed by atoms with Crippen LogP contribution in [-0.4, -0.2) is 43.3 Å². The van der Waals surface area contributed by atoms with Crippen molar-refractivity contribution >= 4 is 11.7 Å². The van der Waals surface area contributed by atoms with Gasteiger partial charge in [-0.2, -0.15) is 0 Å². The smallest absolute Gasteiger partial charge is 0.222 e.